The van der Waals surface area contributed by atoms with Gasteiger partial charge in [0.1, 0.15) is 0 Å². The number of amides is 1. The summed E-state index contributed by atoms with van der Waals surface area (Å²) in [7, 11) is 1.67. The van der Waals surface area contributed by atoms with Crippen molar-refractivity contribution >= 4 is 21.8 Å². The third kappa shape index (κ3) is 2.66. The molecule has 0 aliphatic heterocycles. The van der Waals surface area contributed by atoms with Crippen molar-refractivity contribution in [2.24, 2.45) is 0 Å². The fraction of sp³-hybridized carbons (Fsp3) is 0.833. The highest BCUT2D eigenvalue weighted by Gasteiger charge is 2.12. The van der Waals surface area contributed by atoms with Gasteiger partial charge in [-0.15, -0.1) is 0 Å². The molecule has 0 aliphatic rings. The summed E-state index contributed by atoms with van der Waals surface area (Å²) in [5.74, 6) is -0.0125. The van der Waals surface area contributed by atoms with Crippen LogP contribution in [0.2, 0.25) is 0 Å². The molecule has 3 nitrogen and oxygen atoms in total. The van der Waals surface area contributed by atoms with Gasteiger partial charge in [0.25, 0.3) is 0 Å². The summed E-state index contributed by atoms with van der Waals surface area (Å²) in [5, 5.41) is 8.95. The van der Waals surface area contributed by atoms with Crippen LogP contribution in [0, 0.1) is 0 Å². The Kier molecular flexibility index (Phi) is 4.64. The van der Waals surface area contributed by atoms with Crippen molar-refractivity contribution in [1.82, 2.24) is 4.90 Å². The topological polar surface area (TPSA) is 40.5 Å². The van der Waals surface area contributed by atoms with E-state index in [0.717, 1.165) is 0 Å². The van der Waals surface area contributed by atoms with Crippen molar-refractivity contribution in [1.29, 1.82) is 0 Å². The second-order valence-corrected chi connectivity index (χ2v) is 2.73. The largest absolute Gasteiger partial charge is 0.394 e. The van der Waals surface area contributed by atoms with E-state index in [1.165, 1.54) is 4.90 Å². The Morgan fingerprint density at radius 3 is 2.60 bits per heavy atom. The smallest absolute Gasteiger partial charge is 0.233 e. The molecule has 1 N–H and O–H groups in total. The van der Waals surface area contributed by atoms with E-state index in [2.05, 4.69) is 15.9 Å². The summed E-state index contributed by atoms with van der Waals surface area (Å²) in [6.07, 6.45) is 0. The zero-order valence-corrected chi connectivity index (χ0v) is 7.76. The average molecular weight is 210 g/mol. The van der Waals surface area contributed by atoms with Gasteiger partial charge < -0.3 is 10.0 Å². The molecule has 0 rings (SSSR count). The van der Waals surface area contributed by atoms with Crippen LogP contribution in [0.4, 0.5) is 0 Å². The van der Waals surface area contributed by atoms with Crippen LogP contribution in [0.3, 0.4) is 0 Å². The van der Waals surface area contributed by atoms with E-state index in [1.54, 1.807) is 14.0 Å². The second-order valence-electron chi connectivity index (χ2n) is 2.17. The van der Waals surface area contributed by atoms with Gasteiger partial charge in [-0.25, -0.2) is 0 Å². The number of carbonyl (C=O) groups excluding carboxylic acids is 1. The molecule has 10 heavy (non-hydrogen) atoms. The third-order valence-corrected chi connectivity index (χ3v) is 1.91. The van der Waals surface area contributed by atoms with Crippen LogP contribution in [0.5, 0.6) is 0 Å². The normalized spacial score (nSPS) is 12.8. The van der Waals surface area contributed by atoms with E-state index in [9.17, 15) is 4.79 Å². The maximum absolute atomic E-state index is 10.9. The van der Waals surface area contributed by atoms with E-state index in [0.29, 0.717) is 5.33 Å². The lowest BCUT2D eigenvalue weighted by Gasteiger charge is -2.21. The number of rotatable bonds is 3. The monoisotopic (exact) mass is 209 g/mol. The van der Waals surface area contributed by atoms with Crippen molar-refractivity contribution < 1.29 is 9.90 Å². The predicted octanol–water partition coefficient (Wildman–Crippen LogP) is 0.221. The fourth-order valence-electron chi connectivity index (χ4n) is 0.463. The molecule has 0 aliphatic carbocycles. The first kappa shape index (κ1) is 9.91. The first-order valence-corrected chi connectivity index (χ1v) is 4.18. The molecule has 0 bridgehead atoms. The van der Waals surface area contributed by atoms with Gasteiger partial charge >= 0.3 is 0 Å². The Balaban J connectivity index is 3.81. The van der Waals surface area contributed by atoms with Gasteiger partial charge in [-0.1, -0.05) is 15.9 Å². The van der Waals surface area contributed by atoms with Crippen molar-refractivity contribution in [3.63, 3.8) is 0 Å². The molecule has 1 amide bonds. The standard InChI is InChI=1S/C6H12BrNO2/c1-5(4-9)8(2)6(10)3-7/h5,9H,3-4H2,1-2H3. The summed E-state index contributed by atoms with van der Waals surface area (Å²) < 4.78 is 0. The van der Waals surface area contributed by atoms with Crippen molar-refractivity contribution in [2.75, 3.05) is 19.0 Å². The zero-order valence-electron chi connectivity index (χ0n) is 6.17. The molecule has 0 fully saturated rings. The van der Waals surface area contributed by atoms with E-state index in [4.69, 9.17) is 5.11 Å². The van der Waals surface area contributed by atoms with Crippen LogP contribution in [0.1, 0.15) is 6.92 Å². The molecule has 0 aromatic carbocycles. The quantitative estimate of drug-likeness (QED) is 0.677. The van der Waals surface area contributed by atoms with Gasteiger partial charge in [-0.2, -0.15) is 0 Å². The first-order chi connectivity index (χ1) is 4.63. The number of alkyl halides is 1. The van der Waals surface area contributed by atoms with Crippen LogP contribution >= 0.6 is 15.9 Å². The molecule has 0 aromatic heterocycles. The number of aliphatic hydroxyl groups excluding tert-OH is 1. The Bertz CT molecular complexity index is 118. The molecule has 0 saturated carbocycles. The van der Waals surface area contributed by atoms with E-state index < -0.39 is 0 Å². The van der Waals surface area contributed by atoms with Crippen molar-refractivity contribution in [2.45, 2.75) is 13.0 Å². The minimum absolute atomic E-state index is 0.00917. The van der Waals surface area contributed by atoms with Crippen molar-refractivity contribution in [3.8, 4) is 0 Å². The van der Waals surface area contributed by atoms with Gasteiger partial charge in [0.15, 0.2) is 0 Å². The van der Waals surface area contributed by atoms with Crippen LogP contribution in [-0.2, 0) is 4.79 Å². The highest BCUT2D eigenvalue weighted by Crippen LogP contribution is 1.96. The number of hydrogen-bond acceptors (Lipinski definition) is 2. The number of nitrogens with zero attached hydrogens (tertiary/aromatic N) is 1. The van der Waals surface area contributed by atoms with E-state index >= 15 is 0 Å². The number of likely N-dealkylation sites (N-methyl/N-ethyl adjacent to an activating group) is 1. The van der Waals surface area contributed by atoms with Crippen LogP contribution in [0.25, 0.3) is 0 Å². The summed E-state index contributed by atoms with van der Waals surface area (Å²) >= 11 is 3.04. The highest BCUT2D eigenvalue weighted by molar-refractivity contribution is 9.09. The number of halogens is 1. The Morgan fingerprint density at radius 1 is 1.80 bits per heavy atom. The van der Waals surface area contributed by atoms with Gasteiger partial charge in [0.2, 0.25) is 5.91 Å². The minimum atomic E-state index is -0.0925. The van der Waals surface area contributed by atoms with Gasteiger partial charge in [-0.05, 0) is 6.92 Å². The lowest BCUT2D eigenvalue weighted by molar-refractivity contribution is -0.129. The first-order valence-electron chi connectivity index (χ1n) is 3.06. The molecule has 60 valence electrons. The average Bonchev–Trinajstić information content (AvgIpc) is 2.00. The molecule has 1 unspecified atom stereocenters. The van der Waals surface area contributed by atoms with Crippen LogP contribution < -0.4 is 0 Å². The molecule has 0 radical (unpaired) electrons. The molecular weight excluding hydrogens is 198 g/mol. The molecule has 0 saturated heterocycles. The van der Waals surface area contributed by atoms with E-state index in [1.807, 2.05) is 0 Å². The Labute approximate surface area is 69.1 Å². The number of hydrogen-bond donors (Lipinski definition) is 1. The third-order valence-electron chi connectivity index (χ3n) is 1.43. The van der Waals surface area contributed by atoms with Gasteiger partial charge in [0, 0.05) is 7.05 Å². The van der Waals surface area contributed by atoms with Crippen molar-refractivity contribution in [3.05, 3.63) is 0 Å². The molecule has 0 aromatic rings. The second kappa shape index (κ2) is 4.68. The van der Waals surface area contributed by atoms with E-state index in [-0.39, 0.29) is 18.6 Å². The Hall–Kier alpha value is -0.0900. The summed E-state index contributed by atoms with van der Waals surface area (Å²) in [5.41, 5.74) is 0. The van der Waals surface area contributed by atoms with Crippen LogP contribution in [0.15, 0.2) is 0 Å². The maximum Gasteiger partial charge on any atom is 0.233 e. The van der Waals surface area contributed by atoms with Gasteiger partial charge in [0.05, 0.1) is 18.0 Å². The minimum Gasteiger partial charge on any atom is -0.394 e. The number of carbonyl (C=O) groups is 1. The molecule has 4 heteroatoms. The fourth-order valence-corrected chi connectivity index (χ4v) is 0.858. The lowest BCUT2D eigenvalue weighted by atomic mass is 10.3. The molecule has 0 spiro atoms. The number of aliphatic hydroxyl groups is 1. The SMILES string of the molecule is CC(CO)N(C)C(=O)CBr. The lowest BCUT2D eigenvalue weighted by Crippen LogP contribution is -2.37. The Morgan fingerprint density at radius 2 is 2.30 bits per heavy atom. The molecular formula is C6H12BrNO2. The summed E-state index contributed by atoms with van der Waals surface area (Å²) in [6.45, 7) is 1.80. The summed E-state index contributed by atoms with van der Waals surface area (Å²) in [4.78, 5) is 12.4. The predicted molar refractivity (Wildman–Crippen MR) is 43.1 cm³/mol. The highest BCUT2D eigenvalue weighted by atomic mass is 79.9. The molecule has 0 heterocycles. The van der Waals surface area contributed by atoms with Gasteiger partial charge in [-0.3, -0.25) is 4.79 Å². The summed E-state index contributed by atoms with van der Waals surface area (Å²) in [6, 6.07) is -0.0925. The zero-order chi connectivity index (χ0) is 8.15. The molecule has 1 atom stereocenters. The van der Waals surface area contributed by atoms with Crippen LogP contribution in [-0.4, -0.2) is 40.9 Å². The maximum atomic E-state index is 10.9.